The number of hydrogen-bond acceptors (Lipinski definition) is 6. The van der Waals surface area contributed by atoms with E-state index in [2.05, 4.69) is 45.7 Å². The summed E-state index contributed by atoms with van der Waals surface area (Å²) in [4.78, 5) is 10.8. The molecule has 2 N–H and O–H groups in total. The number of nitrogens with one attached hydrogen (secondary N) is 2. The number of benzene rings is 1. The lowest BCUT2D eigenvalue weighted by atomic mass is 10.2. The standard InChI is InChI=1S/C16H20N6/c1-22(2)10-4-8-18-15-7-9-19-16(21-15)20-14-6-3-5-13(11-14)12-17/h3,5-7,9,11H,4,8,10H2,1-2H3,(H2,18,19,20,21). The third-order valence-corrected chi connectivity index (χ3v) is 2.99. The molecule has 2 aromatic rings. The molecule has 2 rings (SSSR count). The van der Waals surface area contributed by atoms with Crippen molar-refractivity contribution in [1.82, 2.24) is 14.9 Å². The van der Waals surface area contributed by atoms with Crippen LogP contribution in [0.4, 0.5) is 17.5 Å². The minimum atomic E-state index is 0.507. The van der Waals surface area contributed by atoms with Gasteiger partial charge in [0.2, 0.25) is 5.95 Å². The predicted octanol–water partition coefficient (Wildman–Crippen LogP) is 2.46. The highest BCUT2D eigenvalue weighted by Crippen LogP contribution is 2.15. The quantitative estimate of drug-likeness (QED) is 0.764. The first-order chi connectivity index (χ1) is 10.7. The maximum absolute atomic E-state index is 8.91. The lowest BCUT2D eigenvalue weighted by molar-refractivity contribution is 0.405. The lowest BCUT2D eigenvalue weighted by Gasteiger charge is -2.11. The number of anilines is 3. The Morgan fingerprint density at radius 2 is 2.14 bits per heavy atom. The molecule has 0 aliphatic heterocycles. The van der Waals surface area contributed by atoms with Gasteiger partial charge in [-0.05, 0) is 51.3 Å². The highest BCUT2D eigenvalue weighted by molar-refractivity contribution is 5.57. The van der Waals surface area contributed by atoms with Crippen LogP contribution in [0.25, 0.3) is 0 Å². The van der Waals surface area contributed by atoms with Crippen molar-refractivity contribution in [3.63, 3.8) is 0 Å². The van der Waals surface area contributed by atoms with E-state index in [1.807, 2.05) is 18.2 Å². The number of rotatable bonds is 7. The molecule has 0 spiro atoms. The van der Waals surface area contributed by atoms with E-state index in [0.29, 0.717) is 11.5 Å². The average molecular weight is 296 g/mol. The van der Waals surface area contributed by atoms with Crippen LogP contribution in [0.1, 0.15) is 12.0 Å². The summed E-state index contributed by atoms with van der Waals surface area (Å²) in [6.07, 6.45) is 2.75. The van der Waals surface area contributed by atoms with Crippen LogP contribution in [-0.4, -0.2) is 42.1 Å². The van der Waals surface area contributed by atoms with Crippen molar-refractivity contribution in [3.05, 3.63) is 42.1 Å². The molecule has 1 aromatic heterocycles. The smallest absolute Gasteiger partial charge is 0.229 e. The zero-order chi connectivity index (χ0) is 15.8. The molecule has 1 heterocycles. The fourth-order valence-electron chi connectivity index (χ4n) is 1.92. The molecule has 0 bridgehead atoms. The van der Waals surface area contributed by atoms with Gasteiger partial charge in [0.1, 0.15) is 5.82 Å². The Balaban J connectivity index is 1.94. The molecule has 6 heteroatoms. The molecule has 0 aliphatic carbocycles. The molecular formula is C16H20N6. The Kier molecular flexibility index (Phi) is 5.69. The molecule has 114 valence electrons. The molecule has 0 radical (unpaired) electrons. The van der Waals surface area contributed by atoms with Gasteiger partial charge >= 0.3 is 0 Å². The largest absolute Gasteiger partial charge is 0.370 e. The average Bonchev–Trinajstić information content (AvgIpc) is 2.52. The van der Waals surface area contributed by atoms with E-state index in [1.165, 1.54) is 0 Å². The van der Waals surface area contributed by atoms with Crippen LogP contribution in [-0.2, 0) is 0 Å². The van der Waals surface area contributed by atoms with Crippen molar-refractivity contribution < 1.29 is 0 Å². The van der Waals surface area contributed by atoms with E-state index < -0.39 is 0 Å². The Morgan fingerprint density at radius 3 is 2.91 bits per heavy atom. The minimum absolute atomic E-state index is 0.507. The van der Waals surface area contributed by atoms with Gasteiger partial charge in [0.15, 0.2) is 0 Å². The van der Waals surface area contributed by atoms with E-state index in [9.17, 15) is 0 Å². The number of aromatic nitrogens is 2. The summed E-state index contributed by atoms with van der Waals surface area (Å²) >= 11 is 0. The van der Waals surface area contributed by atoms with Crippen LogP contribution in [0.3, 0.4) is 0 Å². The molecule has 0 atom stereocenters. The van der Waals surface area contributed by atoms with Gasteiger partial charge in [-0.25, -0.2) is 4.98 Å². The van der Waals surface area contributed by atoms with Gasteiger partial charge in [-0.1, -0.05) is 6.07 Å². The van der Waals surface area contributed by atoms with Gasteiger partial charge in [0, 0.05) is 18.4 Å². The third-order valence-electron chi connectivity index (χ3n) is 2.99. The van der Waals surface area contributed by atoms with E-state index in [4.69, 9.17) is 5.26 Å². The second-order valence-electron chi connectivity index (χ2n) is 5.17. The zero-order valence-corrected chi connectivity index (χ0v) is 12.9. The first kappa shape index (κ1) is 15.7. The van der Waals surface area contributed by atoms with Crippen molar-refractivity contribution in [2.45, 2.75) is 6.42 Å². The molecule has 0 saturated carbocycles. The van der Waals surface area contributed by atoms with Crippen molar-refractivity contribution >= 4 is 17.5 Å². The van der Waals surface area contributed by atoms with Crippen LogP contribution >= 0.6 is 0 Å². The van der Waals surface area contributed by atoms with Crippen LogP contribution in [0.5, 0.6) is 0 Å². The monoisotopic (exact) mass is 296 g/mol. The Hall–Kier alpha value is -2.65. The zero-order valence-electron chi connectivity index (χ0n) is 12.9. The highest BCUT2D eigenvalue weighted by Gasteiger charge is 2.01. The molecule has 0 amide bonds. The van der Waals surface area contributed by atoms with Gasteiger partial charge < -0.3 is 15.5 Å². The maximum atomic E-state index is 8.91. The minimum Gasteiger partial charge on any atom is -0.370 e. The van der Waals surface area contributed by atoms with Crippen LogP contribution in [0.2, 0.25) is 0 Å². The van der Waals surface area contributed by atoms with Crippen molar-refractivity contribution in [2.24, 2.45) is 0 Å². The van der Waals surface area contributed by atoms with Gasteiger partial charge in [-0.15, -0.1) is 0 Å². The first-order valence-electron chi connectivity index (χ1n) is 7.16. The summed E-state index contributed by atoms with van der Waals surface area (Å²) in [6.45, 7) is 1.89. The summed E-state index contributed by atoms with van der Waals surface area (Å²) in [5.74, 6) is 1.29. The molecule has 1 aromatic carbocycles. The van der Waals surface area contributed by atoms with Gasteiger partial charge in [0.25, 0.3) is 0 Å². The van der Waals surface area contributed by atoms with E-state index in [1.54, 1.807) is 18.3 Å². The highest BCUT2D eigenvalue weighted by atomic mass is 15.1. The molecular weight excluding hydrogens is 276 g/mol. The molecule has 0 saturated heterocycles. The number of nitriles is 1. The number of nitrogens with zero attached hydrogens (tertiary/aromatic N) is 4. The van der Waals surface area contributed by atoms with Crippen molar-refractivity contribution in [3.8, 4) is 6.07 Å². The van der Waals surface area contributed by atoms with Gasteiger partial charge in [-0.3, -0.25) is 0 Å². The van der Waals surface area contributed by atoms with Crippen molar-refractivity contribution in [1.29, 1.82) is 5.26 Å². The van der Waals surface area contributed by atoms with E-state index in [0.717, 1.165) is 31.0 Å². The Morgan fingerprint density at radius 1 is 1.27 bits per heavy atom. The summed E-state index contributed by atoms with van der Waals surface area (Å²) in [5.41, 5.74) is 1.40. The molecule has 0 unspecified atom stereocenters. The molecule has 6 nitrogen and oxygen atoms in total. The van der Waals surface area contributed by atoms with Crippen LogP contribution in [0.15, 0.2) is 36.5 Å². The van der Waals surface area contributed by atoms with Crippen molar-refractivity contribution in [2.75, 3.05) is 37.8 Å². The third kappa shape index (κ3) is 5.04. The maximum Gasteiger partial charge on any atom is 0.229 e. The Bertz CT molecular complexity index is 647. The lowest BCUT2D eigenvalue weighted by Crippen LogP contribution is -2.16. The molecule has 0 fully saturated rings. The van der Waals surface area contributed by atoms with Crippen LogP contribution in [0, 0.1) is 11.3 Å². The Labute approximate surface area is 130 Å². The van der Waals surface area contributed by atoms with E-state index >= 15 is 0 Å². The van der Waals surface area contributed by atoms with Gasteiger partial charge in [-0.2, -0.15) is 10.2 Å². The second kappa shape index (κ2) is 7.96. The topological polar surface area (TPSA) is 76.9 Å². The molecule has 22 heavy (non-hydrogen) atoms. The fraction of sp³-hybridized carbons (Fsp3) is 0.312. The van der Waals surface area contributed by atoms with Crippen LogP contribution < -0.4 is 10.6 Å². The molecule has 0 aliphatic rings. The summed E-state index contributed by atoms with van der Waals surface area (Å²) in [6, 6.07) is 11.2. The van der Waals surface area contributed by atoms with Gasteiger partial charge in [0.05, 0.1) is 11.6 Å². The number of hydrogen-bond donors (Lipinski definition) is 2. The van der Waals surface area contributed by atoms with E-state index in [-0.39, 0.29) is 0 Å². The fourth-order valence-corrected chi connectivity index (χ4v) is 1.92. The SMILES string of the molecule is CN(C)CCCNc1ccnc(Nc2cccc(C#N)c2)n1. The normalized spacial score (nSPS) is 10.3. The second-order valence-corrected chi connectivity index (χ2v) is 5.17. The predicted molar refractivity (Wildman–Crippen MR) is 88.1 cm³/mol. The first-order valence-corrected chi connectivity index (χ1v) is 7.16. The summed E-state index contributed by atoms with van der Waals surface area (Å²) in [7, 11) is 4.12. The summed E-state index contributed by atoms with van der Waals surface area (Å²) < 4.78 is 0. The summed E-state index contributed by atoms with van der Waals surface area (Å²) in [5, 5.41) is 15.3.